The first-order valence-corrected chi connectivity index (χ1v) is 32.0. The first-order chi connectivity index (χ1) is 46.4. The highest BCUT2D eigenvalue weighted by atomic mass is 19.1. The number of benzene rings is 3. The van der Waals surface area contributed by atoms with E-state index < -0.39 is 107 Å². The van der Waals surface area contributed by atoms with Crippen molar-refractivity contribution in [3.8, 4) is 11.5 Å². The Bertz CT molecular complexity index is 3180. The smallest absolute Gasteiger partial charge is 0.344 e. The largest absolute Gasteiger partial charge is 0.508 e. The molecule has 0 aromatic heterocycles. The van der Waals surface area contributed by atoms with Crippen molar-refractivity contribution >= 4 is 71.2 Å². The zero-order valence-corrected chi connectivity index (χ0v) is 54.1. The molecular weight excluding hydrogens is 1270 g/mol. The number of phenols is 1. The van der Waals surface area contributed by atoms with Crippen LogP contribution in [-0.2, 0) is 67.6 Å². The van der Waals surface area contributed by atoms with Gasteiger partial charge in [0.1, 0.15) is 47.3 Å². The second-order valence-corrected chi connectivity index (χ2v) is 23.5. The van der Waals surface area contributed by atoms with Gasteiger partial charge in [-0.2, -0.15) is 4.99 Å². The third-order valence-electron chi connectivity index (χ3n) is 16.0. The summed E-state index contributed by atoms with van der Waals surface area (Å²) < 4.78 is 35.5. The number of amides is 9. The molecule has 0 unspecified atom stereocenters. The first-order valence-electron chi connectivity index (χ1n) is 32.0. The number of guanidine groups is 1. The van der Waals surface area contributed by atoms with Crippen LogP contribution in [0.2, 0.25) is 0 Å². The zero-order valence-electron chi connectivity index (χ0n) is 54.1. The summed E-state index contributed by atoms with van der Waals surface area (Å²) in [7, 11) is 0. The lowest BCUT2D eigenvalue weighted by molar-refractivity contribution is -0.140. The second kappa shape index (κ2) is 39.4. The number of nitrogens with one attached hydrogen (secondary N) is 9. The van der Waals surface area contributed by atoms with Crippen LogP contribution in [0.25, 0.3) is 0 Å². The van der Waals surface area contributed by atoms with Gasteiger partial charge in [0.25, 0.3) is 0 Å². The third-order valence-corrected chi connectivity index (χ3v) is 16.0. The predicted molar refractivity (Wildman–Crippen MR) is 345 cm³/mol. The van der Waals surface area contributed by atoms with E-state index in [1.165, 1.54) is 0 Å². The Morgan fingerprint density at radius 2 is 1.12 bits per heavy atom. The van der Waals surface area contributed by atoms with E-state index in [0.29, 0.717) is 43.0 Å². The van der Waals surface area contributed by atoms with Gasteiger partial charge in [0.2, 0.25) is 41.4 Å². The number of nitrogens with two attached hydrogens (primary N) is 1. The Morgan fingerprint density at radius 3 is 1.69 bits per heavy atom. The topological polar surface area (TPSA) is 441 Å². The van der Waals surface area contributed by atoms with Crippen molar-refractivity contribution in [3.05, 3.63) is 94.6 Å². The van der Waals surface area contributed by atoms with E-state index in [9.17, 15) is 81.9 Å². The molecule has 6 rings (SSSR count). The number of urea groups is 1. The van der Waals surface area contributed by atoms with Gasteiger partial charge in [0.05, 0.1) is 39.2 Å². The average Bonchev–Trinajstić information content (AvgIpc) is 1.69. The highest BCUT2D eigenvalue weighted by molar-refractivity contribution is 5.99. The SMILES string of the molecule is CCC(=O)NCCNC(=O)/N=C(/N)NCCC[C@@H](NC(=O)[C@H](c1ccc(OCCCNC(=O)C[C@H]2NC(=O)[C@@H](CCCNC(=O)CN3CCN(CC(=O)O)CCN(CC(=O)O)CCN(CC(=O)O)CC3)NC2=O)cc1)N1Cc2ccccc2C1)C(=O)NCc1c(F)cc(O)cc1F. The molecule has 3 aromatic rings. The van der Waals surface area contributed by atoms with Crippen molar-refractivity contribution in [1.82, 2.24) is 72.4 Å². The summed E-state index contributed by atoms with van der Waals surface area (Å²) in [5, 5.41) is 62.1. The number of carboxylic acid groups (broad SMARTS) is 3. The van der Waals surface area contributed by atoms with Crippen molar-refractivity contribution in [3.63, 3.8) is 0 Å². The minimum Gasteiger partial charge on any atom is -0.508 e. The molecule has 15 N–H and O–H groups in total. The molecule has 4 atom stereocenters. The Balaban J connectivity index is 0.959. The maximum Gasteiger partial charge on any atom is 0.344 e. The number of aliphatic imine (C=N–C) groups is 1. The number of piperazine rings is 1. The zero-order chi connectivity index (χ0) is 70.4. The summed E-state index contributed by atoms with van der Waals surface area (Å²) in [6.45, 7) is 3.40. The van der Waals surface area contributed by atoms with E-state index in [1.54, 1.807) is 50.8 Å². The van der Waals surface area contributed by atoms with E-state index in [4.69, 9.17) is 10.5 Å². The van der Waals surface area contributed by atoms with E-state index in [0.717, 1.165) is 11.1 Å². The Morgan fingerprint density at radius 1 is 0.619 bits per heavy atom. The van der Waals surface area contributed by atoms with Crippen LogP contribution in [0.3, 0.4) is 0 Å². The van der Waals surface area contributed by atoms with Gasteiger partial charge in [-0.15, -0.1) is 0 Å². The highest BCUT2D eigenvalue weighted by Crippen LogP contribution is 2.33. The maximum absolute atomic E-state index is 14.7. The molecule has 2 fully saturated rings. The number of fused-ring (bicyclic) bond motifs is 1. The number of halogens is 2. The number of hydrogen-bond donors (Lipinski definition) is 14. The number of carboxylic acids is 3. The van der Waals surface area contributed by atoms with Crippen LogP contribution in [0, 0.1) is 11.6 Å². The van der Waals surface area contributed by atoms with Crippen molar-refractivity contribution < 1.29 is 86.7 Å². The number of phenolic OH excluding ortho intramolecular Hbond substituents is 1. The van der Waals surface area contributed by atoms with E-state index in [-0.39, 0.29) is 174 Å². The number of hydrogen-bond acceptors (Lipinski definition) is 18. The van der Waals surface area contributed by atoms with Crippen LogP contribution in [0.4, 0.5) is 13.6 Å². The molecule has 3 aliphatic heterocycles. The molecule has 3 aromatic carbocycles. The molecule has 530 valence electrons. The fraction of sp³-hybridized carbons (Fsp3) is 0.524. The molecule has 0 bridgehead atoms. The number of ether oxygens (including phenoxy) is 1. The molecule has 97 heavy (non-hydrogen) atoms. The summed E-state index contributed by atoms with van der Waals surface area (Å²) >= 11 is 0. The molecule has 3 heterocycles. The van der Waals surface area contributed by atoms with Gasteiger partial charge in [-0.05, 0) is 60.9 Å². The number of carbonyl (C=O) groups excluding carboxylic acids is 8. The fourth-order valence-electron chi connectivity index (χ4n) is 10.9. The van der Waals surface area contributed by atoms with E-state index >= 15 is 0 Å². The second-order valence-electron chi connectivity index (χ2n) is 23.5. The molecule has 0 saturated carbocycles. The minimum absolute atomic E-state index is 0.0302. The molecular formula is C63H88F2N16O16. The molecule has 0 spiro atoms. The van der Waals surface area contributed by atoms with Gasteiger partial charge in [0.15, 0.2) is 5.96 Å². The number of aromatic hydroxyl groups is 1. The first kappa shape index (κ1) is 76.4. The van der Waals surface area contributed by atoms with E-state index in [1.807, 2.05) is 29.2 Å². The van der Waals surface area contributed by atoms with Crippen LogP contribution in [0.1, 0.15) is 80.2 Å². The summed E-state index contributed by atoms with van der Waals surface area (Å²) in [6.07, 6.45) is 0.843. The minimum atomic E-state index is -1.27. The van der Waals surface area contributed by atoms with Gasteiger partial charge in [-0.25, -0.2) is 13.6 Å². The van der Waals surface area contributed by atoms with Crippen molar-refractivity contribution in [2.24, 2.45) is 10.7 Å². The molecule has 2 saturated heterocycles. The summed E-state index contributed by atoms with van der Waals surface area (Å²) in [5.74, 6) is -9.43. The quantitative estimate of drug-likeness (QED) is 0.0176. The van der Waals surface area contributed by atoms with Crippen LogP contribution >= 0.6 is 0 Å². The normalized spacial score (nSPS) is 17.5. The van der Waals surface area contributed by atoms with Crippen LogP contribution < -0.4 is 58.3 Å². The van der Waals surface area contributed by atoms with Crippen molar-refractivity contribution in [2.75, 3.05) is 118 Å². The van der Waals surface area contributed by atoms with Gasteiger partial charge in [0, 0.05) is 129 Å². The third kappa shape index (κ3) is 26.8. The number of aliphatic carboxylic acids is 3. The molecule has 0 radical (unpaired) electrons. The molecule has 32 nitrogen and oxygen atoms in total. The summed E-state index contributed by atoms with van der Waals surface area (Å²) in [4.78, 5) is 152. The number of carbonyl (C=O) groups is 11. The number of nitrogens with zero attached hydrogens (tertiary/aromatic N) is 6. The average molecular weight is 1360 g/mol. The van der Waals surface area contributed by atoms with Gasteiger partial charge < -0.3 is 78.7 Å². The lowest BCUT2D eigenvalue weighted by Crippen LogP contribution is -2.62. The lowest BCUT2D eigenvalue weighted by Gasteiger charge is -2.32. The standard InChI is InChI=1S/C63H88F2N16O16/c1-2-51(83)69-19-20-71-63(96)76-62(66)70-17-6-10-48(58(92)72-33-45-46(64)30-43(82)31-47(45)65)74-61(95)57(81-34-41-8-3-4-9-42(41)35-81)40-12-14-44(15-13-40)97-29-7-18-67-52(84)32-50-60(94)73-49(59(93)75-50)11-5-16-68-53(85)36-77-21-23-78(37-54(86)87)25-27-80(39-56(90)91)28-26-79(24-22-77)38-55(88)89/h3-4,8-9,12-15,30-31,48-50,57,82H,2,5-7,10-11,16-29,32-39H2,1H3,(H,67,84)(H,68,85)(H,69,83)(H,72,92)(H,73,94)(H,74,95)(H,75,93)(H,86,87)(H,88,89)(H,90,91)(H4,66,70,71,76,96)/t48-,49-,50-,57+/m1/s1. The Hall–Kier alpha value is -9.64. The molecule has 0 aliphatic carbocycles. The van der Waals surface area contributed by atoms with Crippen molar-refractivity contribution in [1.29, 1.82) is 0 Å². The maximum atomic E-state index is 14.7. The number of rotatable bonds is 34. The lowest BCUT2D eigenvalue weighted by atomic mass is 10.0. The fourth-order valence-corrected chi connectivity index (χ4v) is 10.9. The monoisotopic (exact) mass is 1360 g/mol. The van der Waals surface area contributed by atoms with Gasteiger partial charge >= 0.3 is 23.9 Å². The van der Waals surface area contributed by atoms with Crippen LogP contribution in [0.5, 0.6) is 11.5 Å². The summed E-state index contributed by atoms with van der Waals surface area (Å²) in [6, 6.07) is 10.6. The van der Waals surface area contributed by atoms with Crippen LogP contribution in [0.15, 0.2) is 65.7 Å². The van der Waals surface area contributed by atoms with Gasteiger partial charge in [-0.1, -0.05) is 43.3 Å². The predicted octanol–water partition coefficient (Wildman–Crippen LogP) is -1.92. The Labute approximate surface area is 558 Å². The molecule has 34 heteroatoms. The Kier molecular flexibility index (Phi) is 31.0. The highest BCUT2D eigenvalue weighted by Gasteiger charge is 2.36. The van der Waals surface area contributed by atoms with Crippen LogP contribution in [-0.4, -0.2) is 252 Å². The summed E-state index contributed by atoms with van der Waals surface area (Å²) in [5.41, 5.74) is 7.89. The molecule has 3 aliphatic rings. The van der Waals surface area contributed by atoms with Crippen molar-refractivity contribution in [2.45, 2.75) is 95.7 Å². The van der Waals surface area contributed by atoms with Gasteiger partial charge in [-0.3, -0.25) is 72.4 Å². The van der Waals surface area contributed by atoms with E-state index in [2.05, 4.69) is 52.8 Å². The molecule has 9 amide bonds.